The predicted octanol–water partition coefficient (Wildman–Crippen LogP) is 1.37. The van der Waals surface area contributed by atoms with Crippen LogP contribution in [0.4, 0.5) is 4.79 Å². The van der Waals surface area contributed by atoms with Crippen LogP contribution < -0.4 is 11.1 Å². The van der Waals surface area contributed by atoms with Gasteiger partial charge in [0, 0.05) is 0 Å². The molecule has 1 saturated carbocycles. The highest BCUT2D eigenvalue weighted by Gasteiger charge is 2.42. The molecule has 0 heterocycles. The van der Waals surface area contributed by atoms with E-state index in [1.54, 1.807) is 20.8 Å². The molecule has 0 radical (unpaired) electrons. The number of nitrogens with one attached hydrogen (secondary N) is 2. The second kappa shape index (κ2) is 3.72. The summed E-state index contributed by atoms with van der Waals surface area (Å²) in [6, 6.07) is 0. The summed E-state index contributed by atoms with van der Waals surface area (Å²) in [7, 11) is 0. The first-order valence-electron chi connectivity index (χ1n) is 5.11. The van der Waals surface area contributed by atoms with Crippen molar-refractivity contribution in [3.63, 3.8) is 0 Å². The fourth-order valence-corrected chi connectivity index (χ4v) is 1.49. The zero-order valence-corrected chi connectivity index (χ0v) is 9.52. The minimum atomic E-state index is -0.650. The molecule has 0 aliphatic heterocycles. The smallest absolute Gasteiger partial charge is 0.408 e. The van der Waals surface area contributed by atoms with E-state index in [2.05, 4.69) is 5.32 Å². The van der Waals surface area contributed by atoms with E-state index >= 15 is 0 Å². The minimum Gasteiger partial charge on any atom is -0.444 e. The number of amides is 1. The van der Waals surface area contributed by atoms with Crippen molar-refractivity contribution >= 4 is 11.9 Å². The summed E-state index contributed by atoms with van der Waals surface area (Å²) < 4.78 is 5.12. The molecule has 1 amide bonds. The zero-order chi connectivity index (χ0) is 11.7. The number of rotatable bonds is 2. The van der Waals surface area contributed by atoms with Crippen LogP contribution in [0.2, 0.25) is 0 Å². The van der Waals surface area contributed by atoms with Gasteiger partial charge in [-0.2, -0.15) is 0 Å². The Kier molecular flexibility index (Phi) is 2.93. The van der Waals surface area contributed by atoms with Gasteiger partial charge in [-0.15, -0.1) is 0 Å². The Morgan fingerprint density at radius 3 is 2.27 bits per heavy atom. The van der Waals surface area contributed by atoms with E-state index in [4.69, 9.17) is 15.9 Å². The van der Waals surface area contributed by atoms with E-state index in [9.17, 15) is 4.79 Å². The van der Waals surface area contributed by atoms with E-state index in [0.29, 0.717) is 0 Å². The number of hydrogen-bond donors (Lipinski definition) is 3. The molecule has 86 valence electrons. The summed E-state index contributed by atoms with van der Waals surface area (Å²) in [6.45, 7) is 5.40. The molecule has 1 aliphatic carbocycles. The van der Waals surface area contributed by atoms with Gasteiger partial charge in [0.15, 0.2) is 0 Å². The molecule has 0 saturated heterocycles. The third-order valence-corrected chi connectivity index (χ3v) is 2.46. The zero-order valence-electron chi connectivity index (χ0n) is 9.52. The molecule has 0 aromatic rings. The van der Waals surface area contributed by atoms with Gasteiger partial charge in [-0.1, -0.05) is 0 Å². The van der Waals surface area contributed by atoms with E-state index in [1.165, 1.54) is 0 Å². The van der Waals surface area contributed by atoms with Gasteiger partial charge < -0.3 is 15.8 Å². The molecule has 1 aliphatic rings. The third-order valence-electron chi connectivity index (χ3n) is 2.46. The average Bonchev–Trinajstić information content (AvgIpc) is 1.92. The summed E-state index contributed by atoms with van der Waals surface area (Å²) in [4.78, 5) is 11.5. The van der Waals surface area contributed by atoms with Crippen LogP contribution in [0.5, 0.6) is 0 Å². The van der Waals surface area contributed by atoms with Crippen molar-refractivity contribution in [3.8, 4) is 0 Å². The van der Waals surface area contributed by atoms with E-state index in [0.717, 1.165) is 19.3 Å². The summed E-state index contributed by atoms with van der Waals surface area (Å²) in [5, 5.41) is 10.1. The lowest BCUT2D eigenvalue weighted by atomic mass is 9.76. The number of ether oxygens (including phenoxy) is 1. The molecular formula is C10H19N3O2. The summed E-state index contributed by atoms with van der Waals surface area (Å²) in [5.41, 5.74) is 4.29. The monoisotopic (exact) mass is 213 g/mol. The number of alkyl carbamates (subject to hydrolysis) is 1. The molecule has 1 fully saturated rings. The molecule has 0 unspecified atom stereocenters. The highest BCUT2D eigenvalue weighted by atomic mass is 16.6. The van der Waals surface area contributed by atoms with Crippen molar-refractivity contribution in [3.05, 3.63) is 0 Å². The summed E-state index contributed by atoms with van der Waals surface area (Å²) in [6.07, 6.45) is 1.93. The van der Waals surface area contributed by atoms with Crippen molar-refractivity contribution in [2.24, 2.45) is 5.73 Å². The van der Waals surface area contributed by atoms with Crippen LogP contribution in [0.15, 0.2) is 0 Å². The van der Waals surface area contributed by atoms with Gasteiger partial charge in [-0.25, -0.2) is 4.79 Å². The van der Waals surface area contributed by atoms with E-state index < -0.39 is 17.2 Å². The van der Waals surface area contributed by atoms with Crippen molar-refractivity contribution < 1.29 is 9.53 Å². The van der Waals surface area contributed by atoms with Gasteiger partial charge in [-0.05, 0) is 40.0 Å². The lowest BCUT2D eigenvalue weighted by molar-refractivity contribution is 0.0445. The van der Waals surface area contributed by atoms with Crippen LogP contribution in [0.3, 0.4) is 0 Å². The molecule has 15 heavy (non-hydrogen) atoms. The minimum absolute atomic E-state index is 0.0135. The number of nitrogens with two attached hydrogens (primary N) is 1. The third kappa shape index (κ3) is 2.84. The molecule has 0 bridgehead atoms. The van der Waals surface area contributed by atoms with Crippen molar-refractivity contribution in [1.82, 2.24) is 5.32 Å². The fraction of sp³-hybridized carbons (Fsp3) is 0.800. The molecular weight excluding hydrogens is 194 g/mol. The fourth-order valence-electron chi connectivity index (χ4n) is 1.49. The second-order valence-corrected chi connectivity index (χ2v) is 4.98. The predicted molar refractivity (Wildman–Crippen MR) is 57.9 cm³/mol. The quantitative estimate of drug-likeness (QED) is 0.478. The van der Waals surface area contributed by atoms with Gasteiger partial charge in [0.2, 0.25) is 0 Å². The number of hydrogen-bond acceptors (Lipinski definition) is 3. The Morgan fingerprint density at radius 2 is 2.00 bits per heavy atom. The Labute approximate surface area is 89.9 Å². The maximum absolute atomic E-state index is 11.5. The van der Waals surface area contributed by atoms with Crippen LogP contribution in [-0.4, -0.2) is 23.1 Å². The van der Waals surface area contributed by atoms with Crippen LogP contribution in [0, 0.1) is 5.41 Å². The molecule has 0 spiro atoms. The average molecular weight is 213 g/mol. The highest BCUT2D eigenvalue weighted by molar-refractivity contribution is 5.91. The standard InChI is InChI=1S/C10H19N3O2/c1-9(2,3)15-8(14)13-10(7(11)12)5-4-6-10/h4-6H2,1-3H3,(H3,11,12)(H,13,14). The SMILES string of the molecule is CC(C)(C)OC(=O)NC1(C(=N)N)CCC1. The van der Waals surface area contributed by atoms with Crippen molar-refractivity contribution in [1.29, 1.82) is 5.41 Å². The number of carbonyl (C=O) groups is 1. The normalized spacial score (nSPS) is 18.9. The van der Waals surface area contributed by atoms with Crippen molar-refractivity contribution in [2.45, 2.75) is 51.2 Å². The van der Waals surface area contributed by atoms with Crippen LogP contribution in [0.1, 0.15) is 40.0 Å². The van der Waals surface area contributed by atoms with Gasteiger partial charge in [0.05, 0.1) is 0 Å². The Hall–Kier alpha value is -1.26. The maximum atomic E-state index is 11.5. The summed E-state index contributed by atoms with van der Waals surface area (Å²) >= 11 is 0. The Morgan fingerprint density at radius 1 is 1.47 bits per heavy atom. The Bertz CT molecular complexity index is 277. The molecule has 5 heteroatoms. The Balaban J connectivity index is 2.54. The first-order chi connectivity index (χ1) is 6.75. The lowest BCUT2D eigenvalue weighted by Gasteiger charge is -2.41. The molecule has 0 aromatic heterocycles. The van der Waals surface area contributed by atoms with Crippen LogP contribution >= 0.6 is 0 Å². The van der Waals surface area contributed by atoms with Gasteiger partial charge in [0.25, 0.3) is 0 Å². The van der Waals surface area contributed by atoms with E-state index in [-0.39, 0.29) is 5.84 Å². The van der Waals surface area contributed by atoms with Gasteiger partial charge in [-0.3, -0.25) is 5.41 Å². The second-order valence-electron chi connectivity index (χ2n) is 4.98. The molecule has 0 atom stereocenters. The molecule has 1 rings (SSSR count). The molecule has 4 N–H and O–H groups in total. The number of carbonyl (C=O) groups excluding carboxylic acids is 1. The first-order valence-corrected chi connectivity index (χ1v) is 5.11. The number of amidine groups is 1. The maximum Gasteiger partial charge on any atom is 0.408 e. The van der Waals surface area contributed by atoms with Crippen LogP contribution in [0.25, 0.3) is 0 Å². The van der Waals surface area contributed by atoms with Gasteiger partial charge in [0.1, 0.15) is 17.0 Å². The van der Waals surface area contributed by atoms with Gasteiger partial charge >= 0.3 is 6.09 Å². The van der Waals surface area contributed by atoms with E-state index in [1.807, 2.05) is 0 Å². The van der Waals surface area contributed by atoms with Crippen LogP contribution in [-0.2, 0) is 4.74 Å². The largest absolute Gasteiger partial charge is 0.444 e. The molecule has 5 nitrogen and oxygen atoms in total. The first kappa shape index (κ1) is 11.8. The molecule has 0 aromatic carbocycles. The van der Waals surface area contributed by atoms with Crippen molar-refractivity contribution in [2.75, 3.05) is 0 Å². The topological polar surface area (TPSA) is 88.2 Å². The lowest BCUT2D eigenvalue weighted by Crippen LogP contribution is -2.62. The summed E-state index contributed by atoms with van der Waals surface area (Å²) in [5.74, 6) is 0.0135. The highest BCUT2D eigenvalue weighted by Crippen LogP contribution is 2.31.